The summed E-state index contributed by atoms with van der Waals surface area (Å²) >= 11 is 0. The van der Waals surface area contributed by atoms with Gasteiger partial charge in [0.15, 0.2) is 0 Å². The van der Waals surface area contributed by atoms with E-state index >= 15 is 0 Å². The van der Waals surface area contributed by atoms with Crippen molar-refractivity contribution in [2.45, 2.75) is 19.5 Å². The van der Waals surface area contributed by atoms with Gasteiger partial charge in [-0.1, -0.05) is 42.5 Å². The molecule has 1 aromatic heterocycles. The minimum Gasteiger partial charge on any atom is -0.352 e. The van der Waals surface area contributed by atoms with Crippen LogP contribution in [-0.2, 0) is 17.9 Å². The van der Waals surface area contributed by atoms with E-state index in [0.29, 0.717) is 22.2 Å². The summed E-state index contributed by atoms with van der Waals surface area (Å²) in [7, 11) is 0. The molecule has 0 saturated heterocycles. The number of amides is 2. The summed E-state index contributed by atoms with van der Waals surface area (Å²) in [5, 5.41) is 6.03. The first kappa shape index (κ1) is 21.8. The van der Waals surface area contributed by atoms with Crippen molar-refractivity contribution in [3.05, 3.63) is 111 Å². The molecule has 4 aromatic rings. The minimum absolute atomic E-state index is 0.0597. The first-order chi connectivity index (χ1) is 16.0. The van der Waals surface area contributed by atoms with Crippen LogP contribution in [0.25, 0.3) is 10.9 Å². The number of hydrogen-bond acceptors (Lipinski definition) is 4. The molecule has 4 rings (SSSR count). The second kappa shape index (κ2) is 9.78. The summed E-state index contributed by atoms with van der Waals surface area (Å²) in [6.07, 6.45) is 0.0597. The van der Waals surface area contributed by atoms with E-state index in [-0.39, 0.29) is 31.3 Å². The third-order valence-electron chi connectivity index (χ3n) is 5.18. The lowest BCUT2D eigenvalue weighted by atomic mass is 10.1. The molecule has 0 unspecified atom stereocenters. The Labute approximate surface area is 188 Å². The van der Waals surface area contributed by atoms with E-state index in [0.717, 1.165) is 5.56 Å². The lowest BCUT2D eigenvalue weighted by molar-refractivity contribution is -0.121. The van der Waals surface area contributed by atoms with Crippen molar-refractivity contribution in [2.24, 2.45) is 0 Å². The zero-order valence-corrected chi connectivity index (χ0v) is 17.7. The van der Waals surface area contributed by atoms with Crippen LogP contribution in [0.4, 0.5) is 5.69 Å². The van der Waals surface area contributed by atoms with E-state index < -0.39 is 11.2 Å². The number of H-pyrrole nitrogens is 1. The van der Waals surface area contributed by atoms with Gasteiger partial charge < -0.3 is 10.6 Å². The van der Waals surface area contributed by atoms with Crippen molar-refractivity contribution < 1.29 is 9.59 Å². The number of para-hydroxylation sites is 2. The number of aromatic amines is 1. The van der Waals surface area contributed by atoms with E-state index in [2.05, 4.69) is 15.6 Å². The number of hydrogen-bond donors (Lipinski definition) is 3. The number of aromatic nitrogens is 2. The summed E-state index contributed by atoms with van der Waals surface area (Å²) in [6, 6.07) is 22.9. The van der Waals surface area contributed by atoms with Crippen molar-refractivity contribution in [2.75, 3.05) is 5.32 Å². The van der Waals surface area contributed by atoms with Gasteiger partial charge in [-0.25, -0.2) is 4.79 Å². The van der Waals surface area contributed by atoms with Crippen molar-refractivity contribution in [1.29, 1.82) is 0 Å². The van der Waals surface area contributed by atoms with Crippen LogP contribution in [0.5, 0.6) is 0 Å². The van der Waals surface area contributed by atoms with Gasteiger partial charge in [0.2, 0.25) is 5.91 Å². The normalized spacial score (nSPS) is 10.7. The van der Waals surface area contributed by atoms with Crippen molar-refractivity contribution in [3.63, 3.8) is 0 Å². The Morgan fingerprint density at radius 1 is 0.879 bits per heavy atom. The van der Waals surface area contributed by atoms with Crippen LogP contribution in [0.3, 0.4) is 0 Å². The molecule has 166 valence electrons. The summed E-state index contributed by atoms with van der Waals surface area (Å²) in [4.78, 5) is 51.3. The molecule has 0 bridgehead atoms. The molecule has 2 amide bonds. The zero-order chi connectivity index (χ0) is 23.2. The molecule has 0 radical (unpaired) electrons. The van der Waals surface area contributed by atoms with Crippen LogP contribution in [0, 0.1) is 0 Å². The fraction of sp³-hybridized carbons (Fsp3) is 0.120. The number of rotatable bonds is 7. The molecule has 3 N–H and O–H groups in total. The Balaban J connectivity index is 1.37. The van der Waals surface area contributed by atoms with E-state index in [1.54, 1.807) is 54.6 Å². The largest absolute Gasteiger partial charge is 0.352 e. The molecule has 0 fully saturated rings. The van der Waals surface area contributed by atoms with Gasteiger partial charge in [-0.3, -0.25) is 23.9 Å². The van der Waals surface area contributed by atoms with Crippen LogP contribution in [0.15, 0.2) is 88.5 Å². The van der Waals surface area contributed by atoms with Gasteiger partial charge in [0, 0.05) is 30.8 Å². The highest BCUT2D eigenvalue weighted by Gasteiger charge is 2.10. The van der Waals surface area contributed by atoms with Crippen molar-refractivity contribution in [3.8, 4) is 0 Å². The van der Waals surface area contributed by atoms with Crippen LogP contribution >= 0.6 is 0 Å². The third-order valence-corrected chi connectivity index (χ3v) is 5.18. The van der Waals surface area contributed by atoms with Crippen molar-refractivity contribution >= 4 is 28.4 Å². The number of carbonyl (C=O) groups excluding carboxylic acids is 2. The quantitative estimate of drug-likeness (QED) is 0.408. The topological polar surface area (TPSA) is 113 Å². The van der Waals surface area contributed by atoms with Gasteiger partial charge in [-0.05, 0) is 42.0 Å². The summed E-state index contributed by atoms with van der Waals surface area (Å²) in [5.74, 6) is -0.491. The smallest absolute Gasteiger partial charge is 0.328 e. The monoisotopic (exact) mass is 442 g/mol. The average Bonchev–Trinajstić information content (AvgIpc) is 2.83. The highest BCUT2D eigenvalue weighted by Crippen LogP contribution is 2.11. The minimum atomic E-state index is -0.552. The van der Waals surface area contributed by atoms with E-state index in [4.69, 9.17) is 0 Å². The molecule has 3 aromatic carbocycles. The number of fused-ring (bicyclic) bond motifs is 1. The molecule has 0 saturated carbocycles. The Morgan fingerprint density at radius 3 is 2.45 bits per heavy atom. The summed E-state index contributed by atoms with van der Waals surface area (Å²) in [5.41, 5.74) is 1.44. The number of benzene rings is 3. The molecule has 0 spiro atoms. The number of nitrogens with one attached hydrogen (secondary N) is 3. The second-order valence-electron chi connectivity index (χ2n) is 7.48. The van der Waals surface area contributed by atoms with E-state index in [1.165, 1.54) is 4.57 Å². The Morgan fingerprint density at radius 2 is 1.64 bits per heavy atom. The maximum Gasteiger partial charge on any atom is 0.328 e. The molecule has 8 nitrogen and oxygen atoms in total. The maximum absolute atomic E-state index is 12.5. The van der Waals surface area contributed by atoms with Gasteiger partial charge >= 0.3 is 5.69 Å². The Kier molecular flexibility index (Phi) is 6.45. The number of aryl methyl sites for hydroxylation is 1. The van der Waals surface area contributed by atoms with Gasteiger partial charge in [-0.15, -0.1) is 0 Å². The number of anilines is 1. The maximum atomic E-state index is 12.5. The predicted octanol–water partition coefficient (Wildman–Crippen LogP) is 2.65. The average molecular weight is 442 g/mol. The molecule has 33 heavy (non-hydrogen) atoms. The number of nitrogens with zero attached hydrogens (tertiary/aromatic N) is 1. The third kappa shape index (κ3) is 5.24. The molecular weight excluding hydrogens is 420 g/mol. The van der Waals surface area contributed by atoms with Gasteiger partial charge in [-0.2, -0.15) is 0 Å². The fourth-order valence-electron chi connectivity index (χ4n) is 3.51. The molecule has 0 aliphatic heterocycles. The standard InChI is InChI=1S/C25H22N4O4/c30-22(13-14-29-21-12-5-4-11-20(21)24(32)28-25(29)33)26-16-17-7-6-8-18(15-17)23(31)27-19-9-2-1-3-10-19/h1-12,15H,13-14,16H2,(H,26,30)(H,27,31)(H,28,32,33). The fourth-order valence-corrected chi connectivity index (χ4v) is 3.51. The first-order valence-electron chi connectivity index (χ1n) is 10.4. The lowest BCUT2D eigenvalue weighted by Gasteiger charge is -2.10. The van der Waals surface area contributed by atoms with Crippen LogP contribution in [0.2, 0.25) is 0 Å². The van der Waals surface area contributed by atoms with Crippen molar-refractivity contribution in [1.82, 2.24) is 14.9 Å². The Bertz CT molecular complexity index is 1420. The SMILES string of the molecule is O=C(CCn1c(=O)[nH]c(=O)c2ccccc21)NCc1cccc(C(=O)Nc2ccccc2)c1. The predicted molar refractivity (Wildman–Crippen MR) is 126 cm³/mol. The summed E-state index contributed by atoms with van der Waals surface area (Å²) < 4.78 is 1.38. The van der Waals surface area contributed by atoms with E-state index in [1.807, 2.05) is 24.3 Å². The molecular formula is C25H22N4O4. The second-order valence-corrected chi connectivity index (χ2v) is 7.48. The molecule has 0 aliphatic rings. The molecule has 1 heterocycles. The molecule has 0 atom stereocenters. The molecule has 0 aliphatic carbocycles. The van der Waals surface area contributed by atoms with E-state index in [9.17, 15) is 19.2 Å². The first-order valence-corrected chi connectivity index (χ1v) is 10.4. The zero-order valence-electron chi connectivity index (χ0n) is 17.7. The molecule has 8 heteroatoms. The summed E-state index contributed by atoms with van der Waals surface area (Å²) in [6.45, 7) is 0.369. The highest BCUT2D eigenvalue weighted by atomic mass is 16.2. The van der Waals surface area contributed by atoms with Gasteiger partial charge in [0.1, 0.15) is 0 Å². The van der Waals surface area contributed by atoms with Gasteiger partial charge in [0.25, 0.3) is 11.5 Å². The highest BCUT2D eigenvalue weighted by molar-refractivity contribution is 6.04. The van der Waals surface area contributed by atoms with Gasteiger partial charge in [0.05, 0.1) is 10.9 Å². The van der Waals surface area contributed by atoms with Crippen LogP contribution in [0.1, 0.15) is 22.3 Å². The van der Waals surface area contributed by atoms with Crippen LogP contribution < -0.4 is 21.9 Å². The lowest BCUT2D eigenvalue weighted by Crippen LogP contribution is -2.32. The Hall–Kier alpha value is -4.46. The van der Waals surface area contributed by atoms with Crippen LogP contribution in [-0.4, -0.2) is 21.4 Å². The number of carbonyl (C=O) groups is 2.